The fraction of sp³-hybridized carbons (Fsp3) is 0.267. The van der Waals surface area contributed by atoms with E-state index in [0.717, 1.165) is 10.1 Å². The Morgan fingerprint density at radius 2 is 1.82 bits per heavy atom. The Balaban J connectivity index is 2.10. The molecule has 0 radical (unpaired) electrons. The molecular weight excluding hydrogens is 284 g/mol. The molecule has 2 aromatic heterocycles. The molecule has 7 nitrogen and oxygen atoms in total. The van der Waals surface area contributed by atoms with E-state index in [1.807, 2.05) is 30.3 Å². The normalized spacial score (nSPS) is 12.7. The molecule has 3 rings (SSSR count). The number of imidazole rings is 1. The Bertz CT molecular complexity index is 937. The molecule has 0 saturated heterocycles. The van der Waals surface area contributed by atoms with E-state index < -0.39 is 17.4 Å². The smallest absolute Gasteiger partial charge is 0.332 e. The summed E-state index contributed by atoms with van der Waals surface area (Å²) in [5.41, 5.74) is 0.529. The van der Waals surface area contributed by atoms with Gasteiger partial charge in [-0.1, -0.05) is 30.3 Å². The number of benzene rings is 1. The van der Waals surface area contributed by atoms with E-state index in [-0.39, 0.29) is 6.54 Å². The lowest BCUT2D eigenvalue weighted by molar-refractivity contribution is 0.158. The van der Waals surface area contributed by atoms with Gasteiger partial charge in [-0.25, -0.2) is 9.78 Å². The summed E-state index contributed by atoms with van der Waals surface area (Å²) in [4.78, 5) is 28.3. The largest absolute Gasteiger partial charge is 0.387 e. The van der Waals surface area contributed by atoms with Crippen LogP contribution >= 0.6 is 0 Å². The van der Waals surface area contributed by atoms with Gasteiger partial charge < -0.3 is 9.67 Å². The minimum Gasteiger partial charge on any atom is -0.387 e. The fourth-order valence-electron chi connectivity index (χ4n) is 2.50. The van der Waals surface area contributed by atoms with E-state index in [2.05, 4.69) is 4.98 Å². The van der Waals surface area contributed by atoms with E-state index >= 15 is 0 Å². The van der Waals surface area contributed by atoms with E-state index in [0.29, 0.717) is 11.2 Å². The number of hydrogen-bond donors (Lipinski definition) is 1. The number of nitrogens with zero attached hydrogens (tertiary/aromatic N) is 4. The first-order valence-electron chi connectivity index (χ1n) is 6.84. The molecule has 0 aliphatic rings. The van der Waals surface area contributed by atoms with Crippen LogP contribution in [0.15, 0.2) is 46.2 Å². The average molecular weight is 300 g/mol. The first kappa shape index (κ1) is 14.3. The van der Waals surface area contributed by atoms with Crippen molar-refractivity contribution in [2.45, 2.75) is 12.6 Å². The van der Waals surface area contributed by atoms with E-state index in [9.17, 15) is 14.7 Å². The van der Waals surface area contributed by atoms with Crippen molar-refractivity contribution in [1.82, 2.24) is 18.7 Å². The van der Waals surface area contributed by atoms with Crippen LogP contribution in [0.3, 0.4) is 0 Å². The summed E-state index contributed by atoms with van der Waals surface area (Å²) < 4.78 is 3.94. The predicted molar refractivity (Wildman–Crippen MR) is 81.6 cm³/mol. The van der Waals surface area contributed by atoms with Crippen LogP contribution < -0.4 is 11.2 Å². The van der Waals surface area contributed by atoms with E-state index in [1.165, 1.54) is 17.9 Å². The monoisotopic (exact) mass is 300 g/mol. The Morgan fingerprint density at radius 1 is 1.14 bits per heavy atom. The molecule has 0 amide bonds. The molecule has 0 spiro atoms. The molecule has 0 fully saturated rings. The molecule has 0 aliphatic carbocycles. The first-order valence-corrected chi connectivity index (χ1v) is 6.84. The summed E-state index contributed by atoms with van der Waals surface area (Å²) in [5, 5.41) is 10.3. The number of aliphatic hydroxyl groups is 1. The highest BCUT2D eigenvalue weighted by molar-refractivity contribution is 5.69. The van der Waals surface area contributed by atoms with Crippen LogP contribution in [0.5, 0.6) is 0 Å². The summed E-state index contributed by atoms with van der Waals surface area (Å²) in [5.74, 6) is 0. The van der Waals surface area contributed by atoms with Crippen LogP contribution in [0.25, 0.3) is 11.2 Å². The molecule has 3 aromatic rings. The van der Waals surface area contributed by atoms with Crippen molar-refractivity contribution in [2.24, 2.45) is 14.1 Å². The molecule has 0 saturated carbocycles. The van der Waals surface area contributed by atoms with Crippen molar-refractivity contribution < 1.29 is 5.11 Å². The van der Waals surface area contributed by atoms with E-state index in [4.69, 9.17) is 0 Å². The Labute approximate surface area is 125 Å². The van der Waals surface area contributed by atoms with Crippen LogP contribution in [0.1, 0.15) is 11.7 Å². The molecule has 7 heteroatoms. The lowest BCUT2D eigenvalue weighted by atomic mass is 10.1. The van der Waals surface area contributed by atoms with Crippen molar-refractivity contribution in [3.05, 3.63) is 63.1 Å². The molecule has 2 heterocycles. The van der Waals surface area contributed by atoms with Crippen molar-refractivity contribution in [1.29, 1.82) is 0 Å². The molecule has 114 valence electrons. The van der Waals surface area contributed by atoms with Gasteiger partial charge in [0.25, 0.3) is 5.56 Å². The third kappa shape index (κ3) is 2.15. The van der Waals surface area contributed by atoms with Gasteiger partial charge in [0.2, 0.25) is 0 Å². The minimum absolute atomic E-state index is 0.188. The molecule has 1 aromatic carbocycles. The van der Waals surface area contributed by atoms with Crippen LogP contribution in [-0.2, 0) is 20.6 Å². The van der Waals surface area contributed by atoms with Crippen LogP contribution in [-0.4, -0.2) is 23.8 Å². The number of fused-ring (bicyclic) bond motifs is 1. The van der Waals surface area contributed by atoms with Gasteiger partial charge >= 0.3 is 5.69 Å². The Hall–Kier alpha value is -2.67. The Kier molecular flexibility index (Phi) is 3.42. The predicted octanol–water partition coefficient (Wildman–Crippen LogP) is 0.167. The van der Waals surface area contributed by atoms with Crippen LogP contribution in [0, 0.1) is 0 Å². The van der Waals surface area contributed by atoms with Gasteiger partial charge in [-0.15, -0.1) is 0 Å². The second kappa shape index (κ2) is 5.27. The zero-order valence-electron chi connectivity index (χ0n) is 12.3. The summed E-state index contributed by atoms with van der Waals surface area (Å²) in [6, 6.07) is 9.18. The summed E-state index contributed by atoms with van der Waals surface area (Å²) >= 11 is 0. The highest BCUT2D eigenvalue weighted by Gasteiger charge is 2.16. The second-order valence-corrected chi connectivity index (χ2v) is 5.20. The van der Waals surface area contributed by atoms with Crippen LogP contribution in [0.4, 0.5) is 0 Å². The molecule has 0 bridgehead atoms. The van der Waals surface area contributed by atoms with Gasteiger partial charge in [-0.2, -0.15) is 0 Å². The summed E-state index contributed by atoms with van der Waals surface area (Å²) in [6.07, 6.45) is 0.707. The lowest BCUT2D eigenvalue weighted by Crippen LogP contribution is -2.37. The maximum Gasteiger partial charge on any atom is 0.332 e. The SMILES string of the molecule is Cn1c(=O)c2c(ncn2C[C@@H](O)c2ccccc2)n(C)c1=O. The van der Waals surface area contributed by atoms with Gasteiger partial charge in [-0.3, -0.25) is 13.9 Å². The maximum atomic E-state index is 12.3. The van der Waals surface area contributed by atoms with Crippen molar-refractivity contribution >= 4 is 11.2 Å². The van der Waals surface area contributed by atoms with Crippen molar-refractivity contribution in [3.63, 3.8) is 0 Å². The third-order valence-corrected chi connectivity index (χ3v) is 3.77. The summed E-state index contributed by atoms with van der Waals surface area (Å²) in [6.45, 7) is 0.188. The van der Waals surface area contributed by atoms with Gasteiger partial charge in [-0.05, 0) is 5.56 Å². The first-order chi connectivity index (χ1) is 10.5. The lowest BCUT2D eigenvalue weighted by Gasteiger charge is -2.12. The second-order valence-electron chi connectivity index (χ2n) is 5.20. The van der Waals surface area contributed by atoms with Crippen molar-refractivity contribution in [3.8, 4) is 0 Å². The molecular formula is C15H16N4O3. The number of aryl methyl sites for hydroxylation is 1. The molecule has 1 atom stereocenters. The molecule has 1 N–H and O–H groups in total. The summed E-state index contributed by atoms with van der Waals surface area (Å²) in [7, 11) is 2.99. The zero-order chi connectivity index (χ0) is 15.9. The molecule has 22 heavy (non-hydrogen) atoms. The van der Waals surface area contributed by atoms with Gasteiger partial charge in [0.1, 0.15) is 0 Å². The highest BCUT2D eigenvalue weighted by Crippen LogP contribution is 2.16. The maximum absolute atomic E-state index is 12.3. The quantitative estimate of drug-likeness (QED) is 0.747. The van der Waals surface area contributed by atoms with Gasteiger partial charge in [0, 0.05) is 14.1 Å². The van der Waals surface area contributed by atoms with E-state index in [1.54, 1.807) is 11.6 Å². The number of hydrogen-bond acceptors (Lipinski definition) is 4. The molecule has 0 aliphatic heterocycles. The molecule has 0 unspecified atom stereocenters. The van der Waals surface area contributed by atoms with Crippen molar-refractivity contribution in [2.75, 3.05) is 0 Å². The number of rotatable bonds is 3. The number of aliphatic hydroxyl groups excluding tert-OH is 1. The van der Waals surface area contributed by atoms with Crippen LogP contribution in [0.2, 0.25) is 0 Å². The number of aromatic nitrogens is 4. The third-order valence-electron chi connectivity index (χ3n) is 3.77. The topological polar surface area (TPSA) is 82.0 Å². The van der Waals surface area contributed by atoms with Gasteiger partial charge in [0.15, 0.2) is 11.2 Å². The minimum atomic E-state index is -0.763. The van der Waals surface area contributed by atoms with Gasteiger partial charge in [0.05, 0.1) is 19.0 Å². The Morgan fingerprint density at radius 3 is 2.50 bits per heavy atom. The highest BCUT2D eigenvalue weighted by atomic mass is 16.3. The zero-order valence-corrected chi connectivity index (χ0v) is 12.3. The standard InChI is InChI=1S/C15H16N4O3/c1-17-13-12(14(21)18(2)15(17)22)19(9-16-13)8-11(20)10-6-4-3-5-7-10/h3-7,9,11,20H,8H2,1-2H3/t11-/m1/s1. The average Bonchev–Trinajstić information content (AvgIpc) is 2.95. The fourth-order valence-corrected chi connectivity index (χ4v) is 2.50.